The molecule has 17 atom stereocenters. The van der Waals surface area contributed by atoms with Gasteiger partial charge in [0.2, 0.25) is 5.91 Å². The monoisotopic (exact) mass is 1310 g/mol. The molecule has 3 saturated heterocycles. The van der Waals surface area contributed by atoms with Crippen molar-refractivity contribution in [3.05, 3.63) is 85.1 Å². The first-order chi connectivity index (χ1) is 44.8. The van der Waals surface area contributed by atoms with Crippen LogP contribution in [-0.2, 0) is 33.2 Å². The Morgan fingerprint density at radius 1 is 0.402 bits per heavy atom. The molecule has 0 aromatic heterocycles. The van der Waals surface area contributed by atoms with Gasteiger partial charge in [-0.1, -0.05) is 240 Å². The van der Waals surface area contributed by atoms with E-state index in [-0.39, 0.29) is 18.9 Å². The van der Waals surface area contributed by atoms with Gasteiger partial charge in [0.15, 0.2) is 18.9 Å². The Hall–Kier alpha value is -3.03. The number of unbranched alkanes of at least 4 members (excludes halogenated alkanes) is 26. The van der Waals surface area contributed by atoms with E-state index in [1.165, 1.54) is 122 Å². The van der Waals surface area contributed by atoms with Gasteiger partial charge >= 0.3 is 0 Å². The zero-order valence-corrected chi connectivity index (χ0v) is 56.3. The van der Waals surface area contributed by atoms with Crippen LogP contribution in [0, 0.1) is 0 Å². The van der Waals surface area contributed by atoms with E-state index in [1.54, 1.807) is 6.08 Å². The Morgan fingerprint density at radius 3 is 1.22 bits per heavy atom. The van der Waals surface area contributed by atoms with Crippen molar-refractivity contribution in [1.82, 2.24) is 5.32 Å². The largest absolute Gasteiger partial charge is 0.394 e. The second-order valence-corrected chi connectivity index (χ2v) is 25.3. The molecule has 0 radical (unpaired) electrons. The molecule has 19 heteroatoms. The molecule has 92 heavy (non-hydrogen) atoms. The molecule has 17 unspecified atom stereocenters. The third kappa shape index (κ3) is 35.3. The fourth-order valence-corrected chi connectivity index (χ4v) is 11.6. The third-order valence-corrected chi connectivity index (χ3v) is 17.4. The predicted molar refractivity (Wildman–Crippen MR) is 360 cm³/mol. The van der Waals surface area contributed by atoms with Crippen LogP contribution in [0.25, 0.3) is 0 Å². The number of allylic oxidation sites excluding steroid dienone is 13. The topological polar surface area (TPSA) is 307 Å². The van der Waals surface area contributed by atoms with Crippen molar-refractivity contribution in [2.24, 2.45) is 0 Å². The highest BCUT2D eigenvalue weighted by atomic mass is 16.8. The van der Waals surface area contributed by atoms with Crippen molar-refractivity contribution in [1.29, 1.82) is 0 Å². The zero-order chi connectivity index (χ0) is 66.8. The van der Waals surface area contributed by atoms with Gasteiger partial charge in [-0.15, -0.1) is 0 Å². The van der Waals surface area contributed by atoms with Gasteiger partial charge in [0.25, 0.3) is 0 Å². The number of amides is 1. The van der Waals surface area contributed by atoms with Crippen molar-refractivity contribution >= 4 is 5.91 Å². The molecule has 3 rings (SSSR count). The van der Waals surface area contributed by atoms with Crippen LogP contribution >= 0.6 is 0 Å². The van der Waals surface area contributed by atoms with E-state index in [9.17, 15) is 61.0 Å². The molecule has 1 amide bonds. The minimum Gasteiger partial charge on any atom is -0.394 e. The number of carbonyl (C=O) groups is 1. The summed E-state index contributed by atoms with van der Waals surface area (Å²) >= 11 is 0. The number of hydrogen-bond donors (Lipinski definition) is 12. The maximum absolute atomic E-state index is 13.4. The highest BCUT2D eigenvalue weighted by Gasteiger charge is 2.53. The third-order valence-electron chi connectivity index (χ3n) is 17.4. The summed E-state index contributed by atoms with van der Waals surface area (Å²) in [5.74, 6) is -0.289. The maximum atomic E-state index is 13.4. The fraction of sp³-hybridized carbons (Fsp3) is 0.795. The smallest absolute Gasteiger partial charge is 0.220 e. The number of nitrogens with one attached hydrogen (secondary N) is 1. The summed E-state index contributed by atoms with van der Waals surface area (Å²) in [6.45, 7) is 1.60. The average Bonchev–Trinajstić information content (AvgIpc) is 0.834. The van der Waals surface area contributed by atoms with E-state index >= 15 is 0 Å². The van der Waals surface area contributed by atoms with Crippen LogP contribution in [0.3, 0.4) is 0 Å². The lowest BCUT2D eigenvalue weighted by atomic mass is 9.96. The molecule has 0 bridgehead atoms. The van der Waals surface area contributed by atoms with Crippen LogP contribution in [0.1, 0.15) is 239 Å². The minimum absolute atomic E-state index is 0.230. The zero-order valence-electron chi connectivity index (χ0n) is 56.3. The van der Waals surface area contributed by atoms with Gasteiger partial charge in [0.05, 0.1) is 38.6 Å². The molecular formula is C73H127NO18. The van der Waals surface area contributed by atoms with Gasteiger partial charge in [-0.05, 0) is 77.0 Å². The lowest BCUT2D eigenvalue weighted by Crippen LogP contribution is -2.66. The first-order valence-electron chi connectivity index (χ1n) is 35.8. The Balaban J connectivity index is 1.42. The minimum atomic E-state index is -1.98. The van der Waals surface area contributed by atoms with Crippen LogP contribution in [0.2, 0.25) is 0 Å². The summed E-state index contributed by atoms with van der Waals surface area (Å²) in [5, 5.41) is 121. The summed E-state index contributed by atoms with van der Waals surface area (Å²) in [4.78, 5) is 13.4. The van der Waals surface area contributed by atoms with E-state index in [0.29, 0.717) is 12.8 Å². The van der Waals surface area contributed by atoms with Crippen molar-refractivity contribution in [3.8, 4) is 0 Å². The van der Waals surface area contributed by atoms with E-state index in [0.717, 1.165) is 83.5 Å². The van der Waals surface area contributed by atoms with Crippen LogP contribution in [0.4, 0.5) is 0 Å². The van der Waals surface area contributed by atoms with E-state index in [2.05, 4.69) is 92.1 Å². The van der Waals surface area contributed by atoms with Crippen molar-refractivity contribution in [2.75, 3.05) is 26.4 Å². The molecule has 0 spiro atoms. The highest BCUT2D eigenvalue weighted by Crippen LogP contribution is 2.33. The van der Waals surface area contributed by atoms with Crippen LogP contribution < -0.4 is 5.32 Å². The fourth-order valence-electron chi connectivity index (χ4n) is 11.6. The van der Waals surface area contributed by atoms with Gasteiger partial charge in [0, 0.05) is 6.42 Å². The molecule has 0 aliphatic carbocycles. The van der Waals surface area contributed by atoms with E-state index in [4.69, 9.17) is 28.4 Å². The lowest BCUT2D eigenvalue weighted by molar-refractivity contribution is -0.379. The Kier molecular flexibility index (Phi) is 48.9. The molecule has 3 aliphatic heterocycles. The number of aliphatic hydroxyl groups is 11. The van der Waals surface area contributed by atoms with Gasteiger partial charge in [-0.25, -0.2) is 0 Å². The standard InChI is InChI=1S/C73H127NO18/c1-3-5-7-9-11-13-15-17-19-21-23-24-25-26-27-28-29-30-31-32-33-35-37-39-41-43-45-47-49-51-61(79)74-56(57(78)50-48-46-44-42-40-38-36-34-22-20-18-16-14-12-10-8-6-4-2)55-87-71-67(85)64(82)69(59(53-76)89-71)92-73-68(86)65(83)70(60(54-77)90-73)91-72-66(84)63(81)62(80)58(52-75)88-72/h5,7,11,13,17,19,23-24,26-27,40,42,48,50,56-60,62-73,75-78,80-86H,3-4,6,8-10,12,14-16,18,20-22,25,28-39,41,43-47,49,51-55H2,1-2H3,(H,74,79)/b7-5-,13-11-,19-17-,24-23-,27-26-,42-40+,50-48+. The lowest BCUT2D eigenvalue weighted by Gasteiger charge is -2.48. The number of aliphatic hydroxyl groups excluding tert-OH is 11. The highest BCUT2D eigenvalue weighted by molar-refractivity contribution is 5.76. The van der Waals surface area contributed by atoms with Crippen molar-refractivity contribution in [3.63, 3.8) is 0 Å². The summed E-state index contributed by atoms with van der Waals surface area (Å²) in [7, 11) is 0. The van der Waals surface area contributed by atoms with Gasteiger partial charge in [-0.3, -0.25) is 4.79 Å². The number of carbonyl (C=O) groups excluding carboxylic acids is 1. The Bertz CT molecular complexity index is 2000. The van der Waals surface area contributed by atoms with E-state index < -0.39 is 124 Å². The van der Waals surface area contributed by atoms with Crippen LogP contribution in [0.15, 0.2) is 85.1 Å². The predicted octanol–water partition coefficient (Wildman–Crippen LogP) is 9.88. The summed E-state index contributed by atoms with van der Waals surface area (Å²) in [5.41, 5.74) is 0. The van der Waals surface area contributed by atoms with Gasteiger partial charge in [0.1, 0.15) is 73.2 Å². The number of rotatable bonds is 54. The molecule has 3 fully saturated rings. The maximum Gasteiger partial charge on any atom is 0.220 e. The first kappa shape index (κ1) is 83.2. The molecule has 3 heterocycles. The molecule has 19 nitrogen and oxygen atoms in total. The first-order valence-corrected chi connectivity index (χ1v) is 35.8. The van der Waals surface area contributed by atoms with E-state index in [1.807, 2.05) is 6.08 Å². The van der Waals surface area contributed by atoms with Gasteiger partial charge < -0.3 is 89.9 Å². The molecule has 0 aromatic carbocycles. The van der Waals surface area contributed by atoms with Crippen molar-refractivity contribution in [2.45, 2.75) is 343 Å². The summed E-state index contributed by atoms with van der Waals surface area (Å²) in [6, 6.07) is -0.995. The second kappa shape index (κ2) is 54.0. The number of hydrogen-bond acceptors (Lipinski definition) is 18. The quantitative estimate of drug-likeness (QED) is 0.0199. The molecule has 0 saturated carbocycles. The molecule has 0 aromatic rings. The SMILES string of the molecule is CC/C=C\C/C=C\C/C=C\C/C=C\C/C=C\CCCCCCCCCCCCCCCC(=O)NC(COC1OC(CO)C(OC2OC(CO)C(OC3OC(CO)C(O)C(O)C3O)C(O)C2O)C(O)C1O)C(O)/C=C/CC/C=C/CCCCCCCCCCCCCC. The number of ether oxygens (including phenoxy) is 6. The van der Waals surface area contributed by atoms with Crippen molar-refractivity contribution < 1.29 is 89.4 Å². The Morgan fingerprint density at radius 2 is 0.761 bits per heavy atom. The molecule has 532 valence electrons. The molecular weight excluding hydrogens is 1180 g/mol. The Labute approximate surface area is 552 Å². The molecule has 3 aliphatic rings. The summed E-state index contributed by atoms with van der Waals surface area (Å²) < 4.78 is 34.3. The second-order valence-electron chi connectivity index (χ2n) is 25.3. The van der Waals surface area contributed by atoms with Crippen LogP contribution in [-0.4, -0.2) is 193 Å². The normalized spacial score (nSPS) is 28.2. The molecule has 12 N–H and O–H groups in total. The van der Waals surface area contributed by atoms with Crippen LogP contribution in [0.5, 0.6) is 0 Å². The average molecular weight is 1310 g/mol. The van der Waals surface area contributed by atoms with Gasteiger partial charge in [-0.2, -0.15) is 0 Å². The summed E-state index contributed by atoms with van der Waals surface area (Å²) in [6.07, 6.45) is 42.7.